The molecule has 8 saturated carbocycles. The lowest BCUT2D eigenvalue weighted by Crippen LogP contribution is -2.52. The first-order valence-corrected chi connectivity index (χ1v) is 18.3. The van der Waals surface area contributed by atoms with Gasteiger partial charge in [-0.1, -0.05) is 12.1 Å². The third-order valence-corrected chi connectivity index (χ3v) is 13.3. The lowest BCUT2D eigenvalue weighted by atomic mass is 9.44. The molecule has 12 rings (SSSR count). The first-order valence-electron chi connectivity index (χ1n) is 18.3. The highest BCUT2D eigenvalue weighted by Gasteiger charge is 2.57. The molecule has 46 heavy (non-hydrogen) atoms. The van der Waals surface area contributed by atoms with Crippen molar-refractivity contribution in [3.63, 3.8) is 0 Å². The molecule has 0 N–H and O–H groups in total. The number of rotatable bonds is 14. The van der Waals surface area contributed by atoms with Crippen LogP contribution in [-0.2, 0) is 29.8 Å². The van der Waals surface area contributed by atoms with Gasteiger partial charge in [0.2, 0.25) is 0 Å². The van der Waals surface area contributed by atoms with Gasteiger partial charge in [-0.25, -0.2) is 0 Å². The fourth-order valence-electron chi connectivity index (χ4n) is 12.4. The Balaban J connectivity index is 1.04. The van der Waals surface area contributed by atoms with Crippen molar-refractivity contribution in [3.8, 4) is 11.5 Å². The summed E-state index contributed by atoms with van der Waals surface area (Å²) in [6, 6.07) is 9.68. The van der Waals surface area contributed by atoms with Crippen LogP contribution in [0.4, 0.5) is 0 Å². The Morgan fingerprint density at radius 2 is 1.02 bits per heavy atom. The number of benzene rings is 2. The fraction of sp³-hybridized carbons (Fsp3) is 0.650. The molecule has 8 aliphatic carbocycles. The zero-order valence-electron chi connectivity index (χ0n) is 27.1. The Morgan fingerprint density at radius 1 is 0.565 bits per heavy atom. The molecule has 6 heteroatoms. The normalized spacial score (nSPS) is 37.1. The second kappa shape index (κ2) is 10.9. The smallest absolute Gasteiger partial charge is 0.164 e. The van der Waals surface area contributed by atoms with E-state index >= 15 is 0 Å². The van der Waals surface area contributed by atoms with Crippen molar-refractivity contribution in [1.82, 2.24) is 0 Å². The van der Waals surface area contributed by atoms with Crippen molar-refractivity contribution >= 4 is 10.8 Å². The monoisotopic (exact) mass is 624 g/mol. The van der Waals surface area contributed by atoms with Crippen LogP contribution in [0.5, 0.6) is 11.5 Å². The van der Waals surface area contributed by atoms with Crippen LogP contribution in [0.2, 0.25) is 0 Å². The Labute approximate surface area is 272 Å². The van der Waals surface area contributed by atoms with Crippen LogP contribution >= 0.6 is 0 Å². The molecule has 0 saturated heterocycles. The largest absolute Gasteiger partial charge is 0.487 e. The van der Waals surface area contributed by atoms with Crippen molar-refractivity contribution in [2.24, 2.45) is 35.5 Å². The zero-order valence-corrected chi connectivity index (χ0v) is 27.1. The van der Waals surface area contributed by atoms with Gasteiger partial charge in [0.15, 0.2) is 23.0 Å². The van der Waals surface area contributed by atoms with Crippen LogP contribution in [0, 0.1) is 35.5 Å². The van der Waals surface area contributed by atoms with E-state index in [1.54, 1.807) is 23.7 Å². The average Bonchev–Trinajstić information content (AvgIpc) is 3.95. The second-order valence-corrected chi connectivity index (χ2v) is 16.6. The molecule has 8 fully saturated rings. The summed E-state index contributed by atoms with van der Waals surface area (Å²) in [5.41, 5.74) is 4.15. The van der Waals surface area contributed by atoms with Crippen LogP contribution in [0.1, 0.15) is 88.2 Å². The lowest BCUT2D eigenvalue weighted by molar-refractivity contribution is -0.0168. The summed E-state index contributed by atoms with van der Waals surface area (Å²) in [5.74, 6) is 8.95. The van der Waals surface area contributed by atoms with Gasteiger partial charge in [-0.2, -0.15) is 0 Å². The highest BCUT2D eigenvalue weighted by molar-refractivity contribution is 5.91. The van der Waals surface area contributed by atoms with Crippen LogP contribution in [0.25, 0.3) is 10.8 Å². The van der Waals surface area contributed by atoms with Gasteiger partial charge in [0.1, 0.15) is 39.0 Å². The molecule has 0 amide bonds. The fourth-order valence-corrected chi connectivity index (χ4v) is 12.4. The molecule has 0 spiro atoms. The summed E-state index contributed by atoms with van der Waals surface area (Å²) < 4.78 is 34.7. The third-order valence-electron chi connectivity index (χ3n) is 13.3. The van der Waals surface area contributed by atoms with E-state index < -0.39 is 0 Å². The first kappa shape index (κ1) is 28.3. The lowest BCUT2D eigenvalue weighted by Gasteiger charge is -2.61. The summed E-state index contributed by atoms with van der Waals surface area (Å²) in [4.78, 5) is 0. The summed E-state index contributed by atoms with van der Waals surface area (Å²) >= 11 is 0. The number of hydrogen-bond acceptors (Lipinski definition) is 6. The SMILES string of the molecule is C1=C(COCCOc2cc3ccc(C45CC6CC(CC(C6)C4)C5)c(C45CC6CC(CC(C6)C4)C5)c3cc2OCCOCC2=CO2)O1. The number of ether oxygens (including phenoxy) is 6. The second-order valence-electron chi connectivity index (χ2n) is 16.6. The Bertz CT molecular complexity index is 1520. The first-order chi connectivity index (χ1) is 22.6. The van der Waals surface area contributed by atoms with E-state index in [0.29, 0.717) is 50.5 Å². The minimum Gasteiger partial charge on any atom is -0.487 e. The Kier molecular flexibility index (Phi) is 6.72. The molecule has 2 heterocycles. The van der Waals surface area contributed by atoms with Crippen LogP contribution < -0.4 is 9.47 Å². The van der Waals surface area contributed by atoms with E-state index in [0.717, 1.165) is 58.5 Å². The topological polar surface area (TPSA) is 62.0 Å². The number of fused-ring (bicyclic) bond motifs is 1. The molecule has 0 aromatic heterocycles. The molecule has 2 aliphatic heterocycles. The Morgan fingerprint density at radius 3 is 1.50 bits per heavy atom. The van der Waals surface area contributed by atoms with Crippen molar-refractivity contribution in [2.75, 3.05) is 39.6 Å². The molecule has 10 aliphatic rings. The average molecular weight is 625 g/mol. The summed E-state index contributed by atoms with van der Waals surface area (Å²) in [6.07, 6.45) is 20.7. The van der Waals surface area contributed by atoms with Crippen LogP contribution in [0.3, 0.4) is 0 Å². The zero-order chi connectivity index (χ0) is 30.3. The minimum atomic E-state index is 0.307. The molecular weight excluding hydrogens is 576 g/mol. The number of hydrogen-bond donors (Lipinski definition) is 0. The van der Waals surface area contributed by atoms with Crippen LogP contribution in [0.15, 0.2) is 48.3 Å². The van der Waals surface area contributed by atoms with Crippen molar-refractivity contribution in [1.29, 1.82) is 0 Å². The van der Waals surface area contributed by atoms with Gasteiger partial charge in [0, 0.05) is 0 Å². The van der Waals surface area contributed by atoms with Gasteiger partial charge in [-0.15, -0.1) is 0 Å². The maximum absolute atomic E-state index is 6.54. The predicted molar refractivity (Wildman–Crippen MR) is 175 cm³/mol. The van der Waals surface area contributed by atoms with Gasteiger partial charge in [-0.3, -0.25) is 0 Å². The van der Waals surface area contributed by atoms with E-state index in [1.165, 1.54) is 87.8 Å². The standard InChI is InChI=1S/C40H48O6/c1-2-35(39-15-25-7-26(16-39)9-27(8-25)17-39)38(40-18-28-10-29(19-40)12-30(11-28)20-40)34-14-37(44-6-4-42-22-33-24-46-33)36(13-31(1)34)43-5-3-41-21-32-23-45-32/h1-2,13-14,23-30H,3-12,15-22H2. The van der Waals surface area contributed by atoms with Gasteiger partial charge < -0.3 is 28.4 Å². The molecule has 244 valence electrons. The Hall–Kier alpha value is -2.70. The molecule has 0 unspecified atom stereocenters. The van der Waals surface area contributed by atoms with E-state index in [4.69, 9.17) is 28.4 Å². The van der Waals surface area contributed by atoms with Gasteiger partial charge >= 0.3 is 0 Å². The molecule has 2 aromatic rings. The third kappa shape index (κ3) is 5.13. The molecule has 2 aromatic carbocycles. The summed E-state index contributed by atoms with van der Waals surface area (Å²) in [7, 11) is 0. The molecular formula is C40H48O6. The predicted octanol–water partition coefficient (Wildman–Crippen LogP) is 8.31. The van der Waals surface area contributed by atoms with Crippen molar-refractivity contribution in [3.05, 3.63) is 59.4 Å². The van der Waals surface area contributed by atoms with E-state index in [2.05, 4.69) is 24.3 Å². The van der Waals surface area contributed by atoms with E-state index in [9.17, 15) is 0 Å². The summed E-state index contributed by atoms with van der Waals surface area (Å²) in [5, 5.41) is 2.73. The quantitative estimate of drug-likeness (QED) is 0.197. The van der Waals surface area contributed by atoms with E-state index in [-0.39, 0.29) is 0 Å². The highest BCUT2D eigenvalue weighted by atomic mass is 16.6. The minimum absolute atomic E-state index is 0.307. The highest BCUT2D eigenvalue weighted by Crippen LogP contribution is 2.66. The maximum atomic E-state index is 6.54. The molecule has 0 atom stereocenters. The van der Waals surface area contributed by atoms with Gasteiger partial charge in [0.05, 0.1) is 13.2 Å². The maximum Gasteiger partial charge on any atom is 0.164 e. The van der Waals surface area contributed by atoms with E-state index in [1.807, 2.05) is 0 Å². The van der Waals surface area contributed by atoms with Crippen molar-refractivity contribution < 1.29 is 28.4 Å². The van der Waals surface area contributed by atoms with Gasteiger partial charge in [0.25, 0.3) is 0 Å². The molecule has 6 nitrogen and oxygen atoms in total. The van der Waals surface area contributed by atoms with Gasteiger partial charge in [-0.05, 0) is 157 Å². The molecule has 8 bridgehead atoms. The summed E-state index contributed by atoms with van der Waals surface area (Å²) in [6.45, 7) is 2.95. The van der Waals surface area contributed by atoms with Crippen molar-refractivity contribution in [2.45, 2.75) is 87.9 Å². The van der Waals surface area contributed by atoms with Crippen LogP contribution in [-0.4, -0.2) is 39.6 Å². The molecule has 0 radical (unpaired) electrons.